The molecule has 6 rings (SSSR count). The Bertz CT molecular complexity index is 835. The van der Waals surface area contributed by atoms with Gasteiger partial charge in [0.15, 0.2) is 0 Å². The highest BCUT2D eigenvalue weighted by Crippen LogP contribution is 2.42. The second-order valence-electron chi connectivity index (χ2n) is 8.57. The molecule has 26 heavy (non-hydrogen) atoms. The van der Waals surface area contributed by atoms with Gasteiger partial charge in [0.1, 0.15) is 23.8 Å². The molecule has 0 bridgehead atoms. The number of fused-ring (bicyclic) bond motifs is 1. The van der Waals surface area contributed by atoms with Crippen LogP contribution in [0.2, 0.25) is 0 Å². The van der Waals surface area contributed by atoms with E-state index in [1.54, 1.807) is 0 Å². The van der Waals surface area contributed by atoms with E-state index in [-0.39, 0.29) is 0 Å². The maximum atomic E-state index is 5.09. The molecule has 2 saturated carbocycles. The highest BCUT2D eigenvalue weighted by molar-refractivity contribution is 5.52. The van der Waals surface area contributed by atoms with Gasteiger partial charge >= 0.3 is 0 Å². The van der Waals surface area contributed by atoms with E-state index in [2.05, 4.69) is 19.7 Å². The first-order valence-corrected chi connectivity index (χ1v) is 10.4. The molecule has 3 fully saturated rings. The molecule has 3 heterocycles. The Balaban J connectivity index is 1.32. The third-order valence-electron chi connectivity index (χ3n) is 6.50. The summed E-state index contributed by atoms with van der Waals surface area (Å²) < 4.78 is 2.34. The summed E-state index contributed by atoms with van der Waals surface area (Å²) in [5.74, 6) is 4.66. The predicted octanol–water partition coefficient (Wildman–Crippen LogP) is 3.15. The molecule has 1 unspecified atom stereocenters. The first-order valence-electron chi connectivity index (χ1n) is 10.4. The minimum Gasteiger partial charge on any atom is -0.356 e. The molecular weight excluding hydrogens is 324 g/mol. The molecule has 6 heteroatoms. The molecule has 6 nitrogen and oxygen atoms in total. The highest BCUT2D eigenvalue weighted by Gasteiger charge is 2.34. The Labute approximate surface area is 154 Å². The first-order chi connectivity index (χ1) is 12.9. The largest absolute Gasteiger partial charge is 0.356 e. The van der Waals surface area contributed by atoms with Crippen LogP contribution >= 0.6 is 0 Å². The molecular formula is C20H26N6. The quantitative estimate of drug-likeness (QED) is 0.848. The van der Waals surface area contributed by atoms with Gasteiger partial charge in [0.05, 0.1) is 0 Å². The van der Waals surface area contributed by atoms with Gasteiger partial charge in [0, 0.05) is 42.2 Å². The zero-order chi connectivity index (χ0) is 17.1. The second-order valence-corrected chi connectivity index (χ2v) is 8.57. The van der Waals surface area contributed by atoms with Crippen LogP contribution in [0, 0.1) is 0 Å². The molecule has 3 aliphatic carbocycles. The highest BCUT2D eigenvalue weighted by atomic mass is 15.3. The topological polar surface area (TPSA) is 59.7 Å². The fraction of sp³-hybridized carbons (Fsp3) is 0.700. The molecule has 1 aliphatic heterocycles. The lowest BCUT2D eigenvalue weighted by molar-refractivity contribution is 0.468. The zero-order valence-corrected chi connectivity index (χ0v) is 15.3. The molecule has 0 radical (unpaired) electrons. The molecule has 0 N–H and O–H groups in total. The number of hydrogen-bond donors (Lipinski definition) is 0. The Morgan fingerprint density at radius 3 is 2.69 bits per heavy atom. The van der Waals surface area contributed by atoms with E-state index in [1.807, 2.05) is 6.33 Å². The molecule has 1 atom stereocenters. The fourth-order valence-corrected chi connectivity index (χ4v) is 4.78. The fourth-order valence-electron chi connectivity index (χ4n) is 4.78. The van der Waals surface area contributed by atoms with Crippen LogP contribution in [0.15, 0.2) is 6.33 Å². The smallest absolute Gasteiger partial charge is 0.137 e. The summed E-state index contributed by atoms with van der Waals surface area (Å²) in [6, 6.07) is 0.653. The van der Waals surface area contributed by atoms with Crippen molar-refractivity contribution in [3.63, 3.8) is 0 Å². The van der Waals surface area contributed by atoms with Crippen molar-refractivity contribution >= 4 is 5.82 Å². The first kappa shape index (κ1) is 15.1. The lowest BCUT2D eigenvalue weighted by Crippen LogP contribution is -2.37. The van der Waals surface area contributed by atoms with Crippen LogP contribution in [-0.4, -0.2) is 37.8 Å². The van der Waals surface area contributed by atoms with Gasteiger partial charge in [0.25, 0.3) is 0 Å². The summed E-state index contributed by atoms with van der Waals surface area (Å²) in [5, 5.41) is 8.74. The van der Waals surface area contributed by atoms with E-state index in [0.717, 1.165) is 31.8 Å². The van der Waals surface area contributed by atoms with E-state index >= 15 is 0 Å². The van der Waals surface area contributed by atoms with E-state index in [0.29, 0.717) is 17.9 Å². The minimum atomic E-state index is 0.475. The SMILES string of the molecule is c1nnc(C2CCCN(c3nc(C4CC4)nc4c3CCC4)C2)n1C1CC1. The minimum absolute atomic E-state index is 0.475. The van der Waals surface area contributed by atoms with Crippen molar-refractivity contribution in [2.24, 2.45) is 0 Å². The van der Waals surface area contributed by atoms with Gasteiger partial charge < -0.3 is 9.47 Å². The normalized spacial score (nSPS) is 25.5. The van der Waals surface area contributed by atoms with Crippen LogP contribution in [0.3, 0.4) is 0 Å². The van der Waals surface area contributed by atoms with E-state index in [9.17, 15) is 0 Å². The van der Waals surface area contributed by atoms with Crippen molar-refractivity contribution in [3.8, 4) is 0 Å². The van der Waals surface area contributed by atoms with Gasteiger partial charge in [-0.05, 0) is 57.8 Å². The Morgan fingerprint density at radius 1 is 0.923 bits per heavy atom. The van der Waals surface area contributed by atoms with Crippen molar-refractivity contribution in [3.05, 3.63) is 29.2 Å². The van der Waals surface area contributed by atoms with Gasteiger partial charge in [-0.15, -0.1) is 10.2 Å². The van der Waals surface area contributed by atoms with E-state index < -0.39 is 0 Å². The van der Waals surface area contributed by atoms with E-state index in [1.165, 1.54) is 67.8 Å². The van der Waals surface area contributed by atoms with Crippen molar-refractivity contribution in [2.45, 2.75) is 75.7 Å². The summed E-state index contributed by atoms with van der Waals surface area (Å²) >= 11 is 0. The predicted molar refractivity (Wildman–Crippen MR) is 98.5 cm³/mol. The number of hydrogen-bond acceptors (Lipinski definition) is 5. The summed E-state index contributed by atoms with van der Waals surface area (Å²) in [6.07, 6.45) is 13.0. The van der Waals surface area contributed by atoms with Crippen molar-refractivity contribution < 1.29 is 0 Å². The molecule has 2 aromatic rings. The second kappa shape index (κ2) is 5.76. The van der Waals surface area contributed by atoms with Crippen molar-refractivity contribution in [1.29, 1.82) is 0 Å². The molecule has 4 aliphatic rings. The lowest BCUT2D eigenvalue weighted by atomic mass is 9.96. The maximum absolute atomic E-state index is 5.09. The van der Waals surface area contributed by atoms with Gasteiger partial charge in [-0.2, -0.15) is 0 Å². The molecule has 0 amide bonds. The number of anilines is 1. The Morgan fingerprint density at radius 2 is 1.85 bits per heavy atom. The monoisotopic (exact) mass is 350 g/mol. The number of aromatic nitrogens is 5. The average Bonchev–Trinajstić information content (AvgIpc) is 3.61. The van der Waals surface area contributed by atoms with Crippen molar-refractivity contribution in [1.82, 2.24) is 24.7 Å². The number of aryl methyl sites for hydroxylation is 1. The summed E-state index contributed by atoms with van der Waals surface area (Å²) in [5.41, 5.74) is 2.76. The number of nitrogens with zero attached hydrogens (tertiary/aromatic N) is 6. The summed E-state index contributed by atoms with van der Waals surface area (Å²) in [7, 11) is 0. The van der Waals surface area contributed by atoms with Crippen LogP contribution in [0.5, 0.6) is 0 Å². The lowest BCUT2D eigenvalue weighted by Gasteiger charge is -2.34. The number of piperidine rings is 1. The third kappa shape index (κ3) is 2.53. The molecule has 2 aromatic heterocycles. The summed E-state index contributed by atoms with van der Waals surface area (Å²) in [4.78, 5) is 12.5. The van der Waals surface area contributed by atoms with Crippen LogP contribution in [-0.2, 0) is 12.8 Å². The van der Waals surface area contributed by atoms with Gasteiger partial charge in [-0.1, -0.05) is 0 Å². The van der Waals surface area contributed by atoms with Crippen LogP contribution in [0.4, 0.5) is 5.82 Å². The number of rotatable bonds is 4. The maximum Gasteiger partial charge on any atom is 0.137 e. The third-order valence-corrected chi connectivity index (χ3v) is 6.50. The van der Waals surface area contributed by atoms with Crippen molar-refractivity contribution in [2.75, 3.05) is 18.0 Å². The van der Waals surface area contributed by atoms with Crippen LogP contribution in [0.1, 0.15) is 85.7 Å². The van der Waals surface area contributed by atoms with Gasteiger partial charge in [-0.25, -0.2) is 9.97 Å². The van der Waals surface area contributed by atoms with Crippen LogP contribution in [0.25, 0.3) is 0 Å². The zero-order valence-electron chi connectivity index (χ0n) is 15.3. The average molecular weight is 350 g/mol. The van der Waals surface area contributed by atoms with Crippen LogP contribution < -0.4 is 4.90 Å². The Kier molecular flexibility index (Phi) is 3.35. The molecule has 0 spiro atoms. The Hall–Kier alpha value is -1.98. The van der Waals surface area contributed by atoms with E-state index in [4.69, 9.17) is 9.97 Å². The van der Waals surface area contributed by atoms with Gasteiger partial charge in [-0.3, -0.25) is 0 Å². The van der Waals surface area contributed by atoms with Gasteiger partial charge in [0.2, 0.25) is 0 Å². The molecule has 1 saturated heterocycles. The molecule has 0 aromatic carbocycles. The summed E-state index contributed by atoms with van der Waals surface area (Å²) in [6.45, 7) is 2.14. The standard InChI is InChI=1S/C20H26N6/c1-4-16-17(5-1)22-18(13-6-7-13)23-20(16)25-10-2-3-14(11-25)19-24-21-12-26(19)15-8-9-15/h12-15H,1-11H2. The molecule has 136 valence electrons.